The van der Waals surface area contributed by atoms with Gasteiger partial charge in [-0.3, -0.25) is 4.79 Å². The van der Waals surface area contributed by atoms with Crippen molar-refractivity contribution in [2.24, 2.45) is 5.73 Å². The van der Waals surface area contributed by atoms with Crippen molar-refractivity contribution in [3.8, 4) is 0 Å². The monoisotopic (exact) mass is 300 g/mol. The minimum atomic E-state index is -1.28. The van der Waals surface area contributed by atoms with E-state index in [1.165, 1.54) is 0 Å². The lowest BCUT2D eigenvalue weighted by Crippen LogP contribution is -2.53. The Bertz CT molecular complexity index is 402. The fourth-order valence-electron chi connectivity index (χ4n) is 2.49. The highest BCUT2D eigenvalue weighted by Gasteiger charge is 2.29. The van der Waals surface area contributed by atoms with Crippen molar-refractivity contribution < 1.29 is 19.5 Å². The van der Waals surface area contributed by atoms with Crippen LogP contribution in [0.15, 0.2) is 0 Å². The molecule has 1 rings (SSSR count). The molecule has 0 bridgehead atoms. The topological polar surface area (TPSA) is 116 Å². The molecule has 0 aliphatic carbocycles. The number of primary amides is 1. The molecule has 0 aromatic carbocycles. The normalized spacial score (nSPS) is 21.4. The summed E-state index contributed by atoms with van der Waals surface area (Å²) in [6, 6.07) is -1.71. The second-order valence-electron chi connectivity index (χ2n) is 5.38. The summed E-state index contributed by atoms with van der Waals surface area (Å²) in [6.07, 6.45) is 1.20. The Hall–Kier alpha value is -1.83. The summed E-state index contributed by atoms with van der Waals surface area (Å²) in [4.78, 5) is 38.1. The first kappa shape index (κ1) is 17.2. The van der Waals surface area contributed by atoms with Crippen molar-refractivity contribution in [3.05, 3.63) is 0 Å². The average Bonchev–Trinajstić information content (AvgIpc) is 2.58. The fraction of sp³-hybridized carbons (Fsp3) is 0.769. The van der Waals surface area contributed by atoms with Crippen LogP contribution in [0, 0.1) is 0 Å². The van der Waals surface area contributed by atoms with Crippen molar-refractivity contribution in [2.75, 3.05) is 26.7 Å². The van der Waals surface area contributed by atoms with Crippen LogP contribution in [0.2, 0.25) is 0 Å². The second kappa shape index (κ2) is 7.82. The van der Waals surface area contributed by atoms with Crippen LogP contribution in [0.5, 0.6) is 0 Å². The van der Waals surface area contributed by atoms with E-state index in [2.05, 4.69) is 10.2 Å². The van der Waals surface area contributed by atoms with Crippen LogP contribution >= 0.6 is 0 Å². The van der Waals surface area contributed by atoms with Crippen LogP contribution in [-0.2, 0) is 9.59 Å². The lowest BCUT2D eigenvalue weighted by atomic mass is 10.2. The Labute approximate surface area is 124 Å². The molecule has 1 aliphatic heterocycles. The van der Waals surface area contributed by atoms with Crippen LogP contribution in [0.4, 0.5) is 4.79 Å². The van der Waals surface area contributed by atoms with Crippen LogP contribution < -0.4 is 11.1 Å². The van der Waals surface area contributed by atoms with Gasteiger partial charge in [-0.2, -0.15) is 0 Å². The number of amides is 3. The number of carboxylic acid groups (broad SMARTS) is 1. The van der Waals surface area contributed by atoms with E-state index in [9.17, 15) is 14.4 Å². The van der Waals surface area contributed by atoms with E-state index in [-0.39, 0.29) is 6.04 Å². The molecule has 8 heteroatoms. The van der Waals surface area contributed by atoms with Gasteiger partial charge in [0.05, 0.1) is 6.42 Å². The Morgan fingerprint density at radius 1 is 1.38 bits per heavy atom. The largest absolute Gasteiger partial charge is 0.480 e. The Balaban J connectivity index is 2.74. The summed E-state index contributed by atoms with van der Waals surface area (Å²) in [7, 11) is 2.00. The molecule has 0 radical (unpaired) electrons. The molecule has 1 heterocycles. The van der Waals surface area contributed by atoms with Crippen molar-refractivity contribution in [2.45, 2.75) is 38.3 Å². The van der Waals surface area contributed by atoms with Crippen molar-refractivity contribution in [3.63, 3.8) is 0 Å². The molecule has 21 heavy (non-hydrogen) atoms. The maximum atomic E-state index is 12.3. The minimum absolute atomic E-state index is 0.0283. The predicted octanol–water partition coefficient (Wildman–Crippen LogP) is -0.559. The minimum Gasteiger partial charge on any atom is -0.480 e. The van der Waals surface area contributed by atoms with E-state index in [0.29, 0.717) is 6.54 Å². The standard InChI is InChI=1S/C13H24N4O4/c1-3-9-8-16(2)5-4-6-17(9)13(21)15-10(12(19)20)7-11(14)18/h9-10H,3-8H2,1-2H3,(H2,14,18)(H,15,21)(H,19,20). The lowest BCUT2D eigenvalue weighted by molar-refractivity contribution is -0.141. The highest BCUT2D eigenvalue weighted by atomic mass is 16.4. The third-order valence-electron chi connectivity index (χ3n) is 3.64. The van der Waals surface area contributed by atoms with Crippen molar-refractivity contribution in [1.82, 2.24) is 15.1 Å². The molecule has 8 nitrogen and oxygen atoms in total. The number of hydrogen-bond donors (Lipinski definition) is 3. The number of carbonyl (C=O) groups is 3. The number of urea groups is 1. The summed E-state index contributed by atoms with van der Waals surface area (Å²) >= 11 is 0. The van der Waals surface area contributed by atoms with E-state index >= 15 is 0 Å². The van der Waals surface area contributed by atoms with Gasteiger partial charge in [0.25, 0.3) is 0 Å². The van der Waals surface area contributed by atoms with E-state index in [1.807, 2.05) is 14.0 Å². The molecule has 120 valence electrons. The molecular weight excluding hydrogens is 276 g/mol. The van der Waals surface area contributed by atoms with Gasteiger partial charge in [-0.05, 0) is 26.4 Å². The van der Waals surface area contributed by atoms with Gasteiger partial charge in [0, 0.05) is 19.1 Å². The Morgan fingerprint density at radius 3 is 2.57 bits per heavy atom. The van der Waals surface area contributed by atoms with Gasteiger partial charge in [-0.25, -0.2) is 9.59 Å². The summed E-state index contributed by atoms with van der Waals surface area (Å²) in [5, 5.41) is 11.4. The smallest absolute Gasteiger partial charge is 0.326 e. The second-order valence-corrected chi connectivity index (χ2v) is 5.38. The summed E-state index contributed by atoms with van der Waals surface area (Å²) in [6.45, 7) is 4.20. The number of rotatable bonds is 5. The van der Waals surface area contributed by atoms with Crippen LogP contribution in [0.25, 0.3) is 0 Å². The molecule has 2 unspecified atom stereocenters. The van der Waals surface area contributed by atoms with Gasteiger partial charge in [-0.1, -0.05) is 6.92 Å². The summed E-state index contributed by atoms with van der Waals surface area (Å²) < 4.78 is 0. The first-order chi connectivity index (χ1) is 9.85. The number of carbonyl (C=O) groups excluding carboxylic acids is 2. The molecule has 2 atom stereocenters. The molecule has 0 aromatic rings. The third-order valence-corrected chi connectivity index (χ3v) is 3.64. The number of nitrogens with zero attached hydrogens (tertiary/aromatic N) is 2. The van der Waals surface area contributed by atoms with Crippen LogP contribution in [0.3, 0.4) is 0 Å². The number of nitrogens with two attached hydrogens (primary N) is 1. The molecule has 1 saturated heterocycles. The Morgan fingerprint density at radius 2 is 2.05 bits per heavy atom. The highest BCUT2D eigenvalue weighted by Crippen LogP contribution is 2.12. The molecule has 0 aromatic heterocycles. The Kier molecular flexibility index (Phi) is 6.41. The molecule has 3 amide bonds. The molecule has 0 spiro atoms. The van der Waals surface area contributed by atoms with Gasteiger partial charge >= 0.3 is 12.0 Å². The van der Waals surface area contributed by atoms with Crippen LogP contribution in [-0.4, -0.2) is 71.6 Å². The number of nitrogens with one attached hydrogen (secondary N) is 1. The number of aliphatic carboxylic acids is 1. The maximum Gasteiger partial charge on any atom is 0.326 e. The molecule has 1 fully saturated rings. The third kappa shape index (κ3) is 5.22. The zero-order chi connectivity index (χ0) is 16.0. The fourth-order valence-corrected chi connectivity index (χ4v) is 2.49. The lowest BCUT2D eigenvalue weighted by Gasteiger charge is -2.31. The summed E-state index contributed by atoms with van der Waals surface area (Å²) in [5.41, 5.74) is 5.01. The predicted molar refractivity (Wildman–Crippen MR) is 76.7 cm³/mol. The number of hydrogen-bond acceptors (Lipinski definition) is 4. The van der Waals surface area contributed by atoms with Gasteiger partial charge in [0.2, 0.25) is 5.91 Å². The summed E-state index contributed by atoms with van der Waals surface area (Å²) in [5.74, 6) is -2.02. The van der Waals surface area contributed by atoms with Gasteiger partial charge < -0.3 is 26.0 Å². The van der Waals surface area contributed by atoms with Gasteiger partial charge in [0.1, 0.15) is 6.04 Å². The molecule has 4 N–H and O–H groups in total. The quantitative estimate of drug-likeness (QED) is 0.629. The SMILES string of the molecule is CCC1CN(C)CCCN1C(=O)NC(CC(N)=O)C(=O)O. The van der Waals surface area contributed by atoms with Crippen LogP contribution in [0.1, 0.15) is 26.2 Å². The van der Waals surface area contributed by atoms with Crippen molar-refractivity contribution in [1.29, 1.82) is 0 Å². The first-order valence-electron chi connectivity index (χ1n) is 7.12. The number of likely N-dealkylation sites (N-methyl/N-ethyl adjacent to an activating group) is 1. The van der Waals surface area contributed by atoms with E-state index in [4.69, 9.17) is 10.8 Å². The first-order valence-corrected chi connectivity index (χ1v) is 7.12. The molecule has 0 saturated carbocycles. The molecular formula is C13H24N4O4. The zero-order valence-electron chi connectivity index (χ0n) is 12.5. The number of carboxylic acids is 1. The van der Waals surface area contributed by atoms with E-state index in [1.54, 1.807) is 4.90 Å². The highest BCUT2D eigenvalue weighted by molar-refractivity contribution is 5.87. The van der Waals surface area contributed by atoms with Gasteiger partial charge in [-0.15, -0.1) is 0 Å². The zero-order valence-corrected chi connectivity index (χ0v) is 12.5. The molecule has 1 aliphatic rings. The van der Waals surface area contributed by atoms with E-state index < -0.39 is 30.4 Å². The van der Waals surface area contributed by atoms with Gasteiger partial charge in [0.15, 0.2) is 0 Å². The maximum absolute atomic E-state index is 12.3. The van der Waals surface area contributed by atoms with E-state index in [0.717, 1.165) is 25.9 Å². The average molecular weight is 300 g/mol. The van der Waals surface area contributed by atoms with Crippen molar-refractivity contribution >= 4 is 17.9 Å².